The zero-order valence-corrected chi connectivity index (χ0v) is 12.3. The molecule has 0 bridgehead atoms. The molecule has 1 saturated carbocycles. The van der Waals surface area contributed by atoms with Gasteiger partial charge in [0.05, 0.1) is 29.4 Å². The standard InChI is InChI=1S/C13H21N3O2S/c1-9-11(19-10(2)15-9)7-14-12(18)16-13(8-17)5-3-4-6-13/h17H,3-8H2,1-2H3,(H2,14,16,18). The van der Waals surface area contributed by atoms with Crippen molar-refractivity contribution in [2.45, 2.75) is 51.6 Å². The summed E-state index contributed by atoms with van der Waals surface area (Å²) in [6.07, 6.45) is 3.84. The maximum atomic E-state index is 11.9. The second-order valence-electron chi connectivity index (χ2n) is 5.19. The fraction of sp³-hybridized carbons (Fsp3) is 0.692. The number of amides is 2. The van der Waals surface area contributed by atoms with Crippen LogP contribution >= 0.6 is 11.3 Å². The van der Waals surface area contributed by atoms with Crippen LogP contribution in [0, 0.1) is 13.8 Å². The minimum absolute atomic E-state index is 0.0130. The van der Waals surface area contributed by atoms with E-state index < -0.39 is 5.54 Å². The molecule has 1 fully saturated rings. The van der Waals surface area contributed by atoms with E-state index in [4.69, 9.17) is 0 Å². The third-order valence-corrected chi connectivity index (χ3v) is 4.72. The van der Waals surface area contributed by atoms with Crippen LogP contribution in [-0.4, -0.2) is 28.3 Å². The molecule has 0 aromatic carbocycles. The van der Waals surface area contributed by atoms with Crippen LogP contribution < -0.4 is 10.6 Å². The lowest BCUT2D eigenvalue weighted by molar-refractivity contribution is 0.163. The molecule has 1 aromatic heterocycles. The maximum Gasteiger partial charge on any atom is 0.315 e. The highest BCUT2D eigenvalue weighted by molar-refractivity contribution is 7.11. The zero-order valence-electron chi connectivity index (χ0n) is 11.5. The van der Waals surface area contributed by atoms with Crippen molar-refractivity contribution in [3.8, 4) is 0 Å². The van der Waals surface area contributed by atoms with E-state index in [1.54, 1.807) is 11.3 Å². The molecule has 106 valence electrons. The third-order valence-electron chi connectivity index (χ3n) is 3.65. The van der Waals surface area contributed by atoms with Gasteiger partial charge < -0.3 is 15.7 Å². The molecule has 0 radical (unpaired) electrons. The molecule has 0 aliphatic heterocycles. The van der Waals surface area contributed by atoms with Gasteiger partial charge in [0.2, 0.25) is 0 Å². The molecule has 0 saturated heterocycles. The Morgan fingerprint density at radius 3 is 2.63 bits per heavy atom. The largest absolute Gasteiger partial charge is 0.394 e. The molecule has 19 heavy (non-hydrogen) atoms. The Balaban J connectivity index is 1.86. The highest BCUT2D eigenvalue weighted by atomic mass is 32.1. The SMILES string of the molecule is Cc1nc(C)c(CNC(=O)NC2(CO)CCCC2)s1. The summed E-state index contributed by atoms with van der Waals surface area (Å²) in [5.41, 5.74) is 0.559. The molecule has 2 amide bonds. The first-order chi connectivity index (χ1) is 9.04. The van der Waals surface area contributed by atoms with Crippen LogP contribution in [0.25, 0.3) is 0 Å². The van der Waals surface area contributed by atoms with Gasteiger partial charge in [0, 0.05) is 4.88 Å². The Kier molecular flexibility index (Phi) is 4.42. The predicted octanol–water partition coefficient (Wildman–Crippen LogP) is 1.86. The molecule has 1 aliphatic carbocycles. The molecule has 0 atom stereocenters. The summed E-state index contributed by atoms with van der Waals surface area (Å²) in [7, 11) is 0. The molecule has 1 aromatic rings. The van der Waals surface area contributed by atoms with Gasteiger partial charge in [-0.1, -0.05) is 12.8 Å². The van der Waals surface area contributed by atoms with Crippen molar-refractivity contribution in [3.05, 3.63) is 15.6 Å². The van der Waals surface area contributed by atoms with E-state index in [2.05, 4.69) is 15.6 Å². The summed E-state index contributed by atoms with van der Waals surface area (Å²) >= 11 is 1.60. The van der Waals surface area contributed by atoms with Crippen molar-refractivity contribution in [1.29, 1.82) is 0 Å². The van der Waals surface area contributed by atoms with Crippen molar-refractivity contribution in [1.82, 2.24) is 15.6 Å². The highest BCUT2D eigenvalue weighted by Gasteiger charge is 2.34. The number of nitrogens with one attached hydrogen (secondary N) is 2. The zero-order chi connectivity index (χ0) is 13.9. The van der Waals surface area contributed by atoms with E-state index in [0.717, 1.165) is 41.3 Å². The Labute approximate surface area is 117 Å². The van der Waals surface area contributed by atoms with Crippen molar-refractivity contribution >= 4 is 17.4 Å². The minimum atomic E-state index is -0.414. The van der Waals surface area contributed by atoms with Gasteiger partial charge >= 0.3 is 6.03 Å². The molecular formula is C13H21N3O2S. The van der Waals surface area contributed by atoms with Crippen molar-refractivity contribution < 1.29 is 9.90 Å². The molecule has 1 heterocycles. The number of thiazole rings is 1. The highest BCUT2D eigenvalue weighted by Crippen LogP contribution is 2.28. The van der Waals surface area contributed by atoms with Crippen LogP contribution in [0.2, 0.25) is 0 Å². The Morgan fingerprint density at radius 2 is 2.11 bits per heavy atom. The number of aliphatic hydroxyl groups is 1. The third kappa shape index (κ3) is 3.45. The summed E-state index contributed by atoms with van der Waals surface area (Å²) < 4.78 is 0. The predicted molar refractivity (Wildman–Crippen MR) is 75.2 cm³/mol. The lowest BCUT2D eigenvalue weighted by atomic mass is 9.99. The van der Waals surface area contributed by atoms with Gasteiger partial charge in [-0.25, -0.2) is 9.78 Å². The fourth-order valence-electron chi connectivity index (χ4n) is 2.56. The summed E-state index contributed by atoms with van der Waals surface area (Å²) in [6.45, 7) is 4.41. The molecule has 3 N–H and O–H groups in total. The fourth-order valence-corrected chi connectivity index (χ4v) is 3.43. The second kappa shape index (κ2) is 5.88. The number of aliphatic hydroxyl groups excluding tert-OH is 1. The number of hydrogen-bond donors (Lipinski definition) is 3. The number of nitrogens with zero attached hydrogens (tertiary/aromatic N) is 1. The van der Waals surface area contributed by atoms with Crippen LogP contribution in [0.3, 0.4) is 0 Å². The lowest BCUT2D eigenvalue weighted by Crippen LogP contribution is -2.52. The van der Waals surface area contributed by atoms with Gasteiger partial charge in [0.1, 0.15) is 0 Å². The van der Waals surface area contributed by atoms with Crippen LogP contribution in [0.1, 0.15) is 41.3 Å². The molecule has 0 spiro atoms. The number of aryl methyl sites for hydroxylation is 2. The van der Waals surface area contributed by atoms with E-state index >= 15 is 0 Å². The number of rotatable bonds is 4. The Bertz CT molecular complexity index is 453. The number of carbonyl (C=O) groups excluding carboxylic acids is 1. The topological polar surface area (TPSA) is 74.2 Å². The molecule has 5 nitrogen and oxygen atoms in total. The second-order valence-corrected chi connectivity index (χ2v) is 6.48. The van der Waals surface area contributed by atoms with E-state index in [1.165, 1.54) is 0 Å². The molecule has 1 aliphatic rings. The first kappa shape index (κ1) is 14.3. The van der Waals surface area contributed by atoms with Gasteiger partial charge in [-0.15, -0.1) is 11.3 Å². The van der Waals surface area contributed by atoms with Gasteiger partial charge in [0.15, 0.2) is 0 Å². The molecular weight excluding hydrogens is 262 g/mol. The average Bonchev–Trinajstić information content (AvgIpc) is 2.94. The van der Waals surface area contributed by atoms with Crippen molar-refractivity contribution in [2.75, 3.05) is 6.61 Å². The van der Waals surface area contributed by atoms with Gasteiger partial charge in [0.25, 0.3) is 0 Å². The van der Waals surface area contributed by atoms with Crippen LogP contribution in [0.5, 0.6) is 0 Å². The van der Waals surface area contributed by atoms with E-state index in [1.807, 2.05) is 13.8 Å². The molecule has 0 unspecified atom stereocenters. The maximum absolute atomic E-state index is 11.9. The van der Waals surface area contributed by atoms with Gasteiger partial charge in [-0.05, 0) is 26.7 Å². The number of aromatic nitrogens is 1. The normalized spacial score (nSPS) is 17.4. The number of hydrogen-bond acceptors (Lipinski definition) is 4. The van der Waals surface area contributed by atoms with Crippen molar-refractivity contribution in [2.24, 2.45) is 0 Å². The van der Waals surface area contributed by atoms with Gasteiger partial charge in [-0.2, -0.15) is 0 Å². The monoisotopic (exact) mass is 283 g/mol. The van der Waals surface area contributed by atoms with Crippen LogP contribution in [-0.2, 0) is 6.54 Å². The van der Waals surface area contributed by atoms with Crippen LogP contribution in [0.15, 0.2) is 0 Å². The molecule has 6 heteroatoms. The molecule has 2 rings (SSSR count). The van der Waals surface area contributed by atoms with E-state index in [-0.39, 0.29) is 12.6 Å². The quantitative estimate of drug-likeness (QED) is 0.789. The minimum Gasteiger partial charge on any atom is -0.394 e. The van der Waals surface area contributed by atoms with Crippen LogP contribution in [0.4, 0.5) is 4.79 Å². The number of urea groups is 1. The smallest absolute Gasteiger partial charge is 0.315 e. The van der Waals surface area contributed by atoms with E-state index in [9.17, 15) is 9.90 Å². The summed E-state index contributed by atoms with van der Waals surface area (Å²) in [4.78, 5) is 17.3. The first-order valence-corrected chi connectivity index (χ1v) is 7.46. The lowest BCUT2D eigenvalue weighted by Gasteiger charge is -2.27. The van der Waals surface area contributed by atoms with E-state index in [0.29, 0.717) is 6.54 Å². The Hall–Kier alpha value is -1.14. The number of carbonyl (C=O) groups is 1. The summed E-state index contributed by atoms with van der Waals surface area (Å²) in [5, 5.41) is 16.2. The summed E-state index contributed by atoms with van der Waals surface area (Å²) in [6, 6.07) is -0.207. The average molecular weight is 283 g/mol. The first-order valence-electron chi connectivity index (χ1n) is 6.64. The summed E-state index contributed by atoms with van der Waals surface area (Å²) in [5.74, 6) is 0. The van der Waals surface area contributed by atoms with Crippen molar-refractivity contribution in [3.63, 3.8) is 0 Å². The Morgan fingerprint density at radius 1 is 1.42 bits per heavy atom. The van der Waals surface area contributed by atoms with Gasteiger partial charge in [-0.3, -0.25) is 0 Å².